The van der Waals surface area contributed by atoms with Crippen LogP contribution in [0.2, 0.25) is 0 Å². The fourth-order valence-electron chi connectivity index (χ4n) is 3.01. The zero-order valence-corrected chi connectivity index (χ0v) is 16.0. The second-order valence-corrected chi connectivity index (χ2v) is 8.47. The van der Waals surface area contributed by atoms with E-state index < -0.39 is 15.4 Å². The van der Waals surface area contributed by atoms with E-state index in [0.717, 1.165) is 32.1 Å². The van der Waals surface area contributed by atoms with Crippen LogP contribution in [0, 0.1) is 0 Å². The summed E-state index contributed by atoms with van der Waals surface area (Å²) in [6, 6.07) is 0. The highest BCUT2D eigenvalue weighted by Gasteiger charge is 2.22. The van der Waals surface area contributed by atoms with Crippen molar-refractivity contribution in [3.8, 4) is 0 Å². The molecule has 0 heterocycles. The summed E-state index contributed by atoms with van der Waals surface area (Å²) in [7, 11) is -3.96. The number of hydrogen-bond donors (Lipinski definition) is 2. The highest BCUT2D eigenvalue weighted by molar-refractivity contribution is 7.86. The maximum atomic E-state index is 11.5. The first-order valence-corrected chi connectivity index (χ1v) is 11.1. The van der Waals surface area contributed by atoms with Crippen LogP contribution < -0.4 is 0 Å². The Morgan fingerprint density at radius 2 is 1.22 bits per heavy atom. The lowest BCUT2D eigenvalue weighted by molar-refractivity contribution is 0.150. The van der Waals surface area contributed by atoms with Crippen LogP contribution in [0.3, 0.4) is 0 Å². The van der Waals surface area contributed by atoms with Gasteiger partial charge in [-0.2, -0.15) is 8.42 Å². The molecule has 0 spiro atoms. The fourth-order valence-corrected chi connectivity index (χ4v) is 3.94. The molecule has 0 rings (SSSR count). The monoisotopic (exact) mass is 350 g/mol. The molecule has 0 aliphatic rings. The van der Waals surface area contributed by atoms with Crippen LogP contribution in [-0.4, -0.2) is 29.4 Å². The standard InChI is InChI=1S/C18H38O4S/c1-3-5-6-7-8-9-10-11-15-18(23(20,21)22)16-12-14-17(19)13-4-2/h17-19H,3-16H2,1-2H3,(H,20,21,22). The van der Waals surface area contributed by atoms with Crippen molar-refractivity contribution < 1.29 is 18.1 Å². The van der Waals surface area contributed by atoms with Gasteiger partial charge in [-0.15, -0.1) is 0 Å². The molecule has 0 saturated carbocycles. The third-order valence-corrected chi connectivity index (χ3v) is 5.80. The van der Waals surface area contributed by atoms with Gasteiger partial charge in [0.05, 0.1) is 11.4 Å². The normalized spacial score (nSPS) is 14.8. The largest absolute Gasteiger partial charge is 0.393 e. The number of aliphatic hydroxyl groups excluding tert-OH is 1. The molecule has 0 aliphatic carbocycles. The second-order valence-electron chi connectivity index (χ2n) is 6.77. The number of unbranched alkanes of at least 4 members (excludes halogenated alkanes) is 7. The van der Waals surface area contributed by atoms with E-state index in [9.17, 15) is 18.1 Å². The molecular formula is C18H38O4S. The van der Waals surface area contributed by atoms with Crippen molar-refractivity contribution >= 4 is 10.1 Å². The predicted octanol–water partition coefficient (Wildman–Crippen LogP) is 5.10. The van der Waals surface area contributed by atoms with Crippen LogP contribution in [-0.2, 0) is 10.1 Å². The van der Waals surface area contributed by atoms with Gasteiger partial charge in [0.15, 0.2) is 0 Å². The van der Waals surface area contributed by atoms with Crippen LogP contribution in [0.15, 0.2) is 0 Å². The molecule has 23 heavy (non-hydrogen) atoms. The molecule has 2 N–H and O–H groups in total. The van der Waals surface area contributed by atoms with Gasteiger partial charge in [-0.25, -0.2) is 0 Å². The maximum Gasteiger partial charge on any atom is 0.267 e. The van der Waals surface area contributed by atoms with Crippen LogP contribution in [0.1, 0.15) is 104 Å². The minimum absolute atomic E-state index is 0.342. The molecule has 0 fully saturated rings. The molecule has 140 valence electrons. The molecular weight excluding hydrogens is 312 g/mol. The van der Waals surface area contributed by atoms with Crippen molar-refractivity contribution in [1.82, 2.24) is 0 Å². The van der Waals surface area contributed by atoms with Crippen molar-refractivity contribution in [3.05, 3.63) is 0 Å². The zero-order chi connectivity index (χ0) is 17.6. The molecule has 4 nitrogen and oxygen atoms in total. The molecule has 0 radical (unpaired) electrons. The smallest absolute Gasteiger partial charge is 0.267 e. The van der Waals surface area contributed by atoms with Gasteiger partial charge in [0.1, 0.15) is 0 Å². The summed E-state index contributed by atoms with van der Waals surface area (Å²) in [5.41, 5.74) is 0. The zero-order valence-electron chi connectivity index (χ0n) is 15.2. The molecule has 0 bridgehead atoms. The Morgan fingerprint density at radius 3 is 1.74 bits per heavy atom. The number of hydrogen-bond acceptors (Lipinski definition) is 3. The number of aliphatic hydroxyl groups is 1. The van der Waals surface area contributed by atoms with Gasteiger partial charge in [0, 0.05) is 0 Å². The van der Waals surface area contributed by atoms with Crippen molar-refractivity contribution in [2.45, 2.75) is 115 Å². The van der Waals surface area contributed by atoms with Crippen molar-refractivity contribution in [3.63, 3.8) is 0 Å². The summed E-state index contributed by atoms with van der Waals surface area (Å²) >= 11 is 0. The maximum absolute atomic E-state index is 11.5. The van der Waals surface area contributed by atoms with Crippen LogP contribution in [0.4, 0.5) is 0 Å². The fraction of sp³-hybridized carbons (Fsp3) is 1.00. The van der Waals surface area contributed by atoms with Gasteiger partial charge >= 0.3 is 0 Å². The Bertz CT molecular complexity index is 354. The Hall–Kier alpha value is -0.130. The predicted molar refractivity (Wildman–Crippen MR) is 97.3 cm³/mol. The average molecular weight is 351 g/mol. The van der Waals surface area contributed by atoms with E-state index in [4.69, 9.17) is 0 Å². The van der Waals surface area contributed by atoms with Crippen molar-refractivity contribution in [2.24, 2.45) is 0 Å². The van der Waals surface area contributed by atoms with Crippen molar-refractivity contribution in [2.75, 3.05) is 0 Å². The van der Waals surface area contributed by atoms with Crippen LogP contribution in [0.25, 0.3) is 0 Å². The molecule has 2 unspecified atom stereocenters. The van der Waals surface area contributed by atoms with Gasteiger partial charge < -0.3 is 5.11 Å². The molecule has 0 aliphatic heterocycles. The summed E-state index contributed by atoms with van der Waals surface area (Å²) < 4.78 is 32.3. The van der Waals surface area contributed by atoms with Crippen LogP contribution in [0.5, 0.6) is 0 Å². The highest BCUT2D eigenvalue weighted by atomic mass is 32.2. The summed E-state index contributed by atoms with van der Waals surface area (Å²) in [6.07, 6.45) is 13.0. The Morgan fingerprint density at radius 1 is 0.696 bits per heavy atom. The summed E-state index contributed by atoms with van der Waals surface area (Å²) in [5.74, 6) is 0. The molecule has 5 heteroatoms. The van der Waals surface area contributed by atoms with E-state index in [2.05, 4.69) is 6.92 Å². The van der Waals surface area contributed by atoms with Gasteiger partial charge in [-0.1, -0.05) is 71.6 Å². The average Bonchev–Trinajstić information content (AvgIpc) is 2.47. The molecule has 0 aromatic rings. The first kappa shape index (κ1) is 22.9. The van der Waals surface area contributed by atoms with E-state index in [0.29, 0.717) is 25.7 Å². The molecule has 0 amide bonds. The quantitative estimate of drug-likeness (QED) is 0.300. The lowest BCUT2D eigenvalue weighted by Gasteiger charge is -2.15. The van der Waals surface area contributed by atoms with Gasteiger partial charge in [-0.05, 0) is 32.1 Å². The number of rotatable bonds is 16. The lowest BCUT2D eigenvalue weighted by Crippen LogP contribution is -2.21. The summed E-state index contributed by atoms with van der Waals surface area (Å²) in [6.45, 7) is 4.23. The van der Waals surface area contributed by atoms with Gasteiger partial charge in [0.25, 0.3) is 10.1 Å². The van der Waals surface area contributed by atoms with Gasteiger partial charge in [-0.3, -0.25) is 4.55 Å². The van der Waals surface area contributed by atoms with Gasteiger partial charge in [0.2, 0.25) is 0 Å². The molecule has 0 aromatic heterocycles. The third-order valence-electron chi connectivity index (χ3n) is 4.49. The second kappa shape index (κ2) is 14.2. The van der Waals surface area contributed by atoms with E-state index in [1.165, 1.54) is 32.1 Å². The van der Waals surface area contributed by atoms with E-state index in [1.807, 2.05) is 6.92 Å². The first-order valence-electron chi connectivity index (χ1n) is 9.56. The topological polar surface area (TPSA) is 74.6 Å². The third kappa shape index (κ3) is 14.0. The Labute approximate surface area is 143 Å². The minimum atomic E-state index is -3.96. The van der Waals surface area contributed by atoms with Crippen LogP contribution >= 0.6 is 0 Å². The lowest BCUT2D eigenvalue weighted by atomic mass is 10.0. The summed E-state index contributed by atoms with van der Waals surface area (Å²) in [5, 5.41) is 9.03. The van der Waals surface area contributed by atoms with Crippen molar-refractivity contribution in [1.29, 1.82) is 0 Å². The highest BCUT2D eigenvalue weighted by Crippen LogP contribution is 2.19. The van der Waals surface area contributed by atoms with E-state index >= 15 is 0 Å². The molecule has 2 atom stereocenters. The molecule has 0 aromatic carbocycles. The molecule has 0 saturated heterocycles. The minimum Gasteiger partial charge on any atom is -0.393 e. The Balaban J connectivity index is 3.86. The summed E-state index contributed by atoms with van der Waals surface area (Å²) in [4.78, 5) is 0. The Kier molecular flexibility index (Phi) is 14.2. The SMILES string of the molecule is CCCCCCCCCCC(CCCC(O)CCC)S(=O)(=O)O. The van der Waals surface area contributed by atoms with E-state index in [-0.39, 0.29) is 6.10 Å². The first-order chi connectivity index (χ1) is 10.9. The van der Waals surface area contributed by atoms with E-state index in [1.54, 1.807) is 0 Å².